The van der Waals surface area contributed by atoms with Crippen molar-refractivity contribution in [1.82, 2.24) is 4.90 Å². The number of nitrogens with zero attached hydrogens (tertiary/aromatic N) is 2. The summed E-state index contributed by atoms with van der Waals surface area (Å²) in [5, 5.41) is 22.3. The number of carbonyl (C=O) groups is 2. The highest BCUT2D eigenvalue weighted by atomic mass is 19.1. The van der Waals surface area contributed by atoms with Crippen LogP contribution in [0.25, 0.3) is 5.76 Å². The largest absolute Gasteiger partial charge is 0.507 e. The molecule has 168 valence electrons. The Bertz CT molecular complexity index is 1280. The van der Waals surface area contributed by atoms with Gasteiger partial charge in [-0.3, -0.25) is 19.7 Å². The van der Waals surface area contributed by atoms with E-state index in [1.807, 2.05) is 0 Å². The molecule has 0 saturated carbocycles. The molecular weight excluding hydrogens is 435 g/mol. The summed E-state index contributed by atoms with van der Waals surface area (Å²) in [6, 6.07) is 11.0. The average Bonchev–Trinajstić information content (AvgIpc) is 3.41. The first kappa shape index (κ1) is 21.8. The number of furan rings is 1. The topological polar surface area (TPSA) is 123 Å². The van der Waals surface area contributed by atoms with Gasteiger partial charge in [-0.1, -0.05) is 12.1 Å². The molecule has 10 heteroatoms. The molecule has 1 fully saturated rings. The van der Waals surface area contributed by atoms with Crippen molar-refractivity contribution in [3.8, 4) is 5.75 Å². The van der Waals surface area contributed by atoms with Gasteiger partial charge < -0.3 is 19.2 Å². The van der Waals surface area contributed by atoms with E-state index < -0.39 is 34.2 Å². The summed E-state index contributed by atoms with van der Waals surface area (Å²) in [6.07, 6.45) is 1.40. The van der Waals surface area contributed by atoms with Gasteiger partial charge in [-0.25, -0.2) is 4.39 Å². The van der Waals surface area contributed by atoms with Crippen LogP contribution < -0.4 is 4.74 Å². The highest BCUT2D eigenvalue weighted by Crippen LogP contribution is 2.41. The van der Waals surface area contributed by atoms with Crippen molar-refractivity contribution in [3.63, 3.8) is 0 Å². The number of halogens is 1. The molecule has 4 rings (SSSR count). The normalized spacial score (nSPS) is 17.4. The minimum absolute atomic E-state index is 0.0558. The van der Waals surface area contributed by atoms with Crippen molar-refractivity contribution in [2.75, 3.05) is 7.11 Å². The van der Waals surface area contributed by atoms with E-state index in [4.69, 9.17) is 9.15 Å². The summed E-state index contributed by atoms with van der Waals surface area (Å²) in [5.74, 6) is -3.04. The van der Waals surface area contributed by atoms with Crippen molar-refractivity contribution < 1.29 is 33.2 Å². The molecular formula is C23H17FN2O7. The van der Waals surface area contributed by atoms with Crippen LogP contribution in [0.1, 0.15) is 22.9 Å². The number of nitro benzene ring substituents is 1. The maximum Gasteiger partial charge on any atom is 0.296 e. The van der Waals surface area contributed by atoms with Crippen LogP contribution in [0.15, 0.2) is 70.9 Å². The lowest BCUT2D eigenvalue weighted by molar-refractivity contribution is -0.384. The minimum Gasteiger partial charge on any atom is -0.507 e. The lowest BCUT2D eigenvalue weighted by atomic mass is 9.95. The number of methoxy groups -OCH3 is 1. The van der Waals surface area contributed by atoms with Crippen LogP contribution in [-0.2, 0) is 16.1 Å². The van der Waals surface area contributed by atoms with Crippen molar-refractivity contribution in [1.29, 1.82) is 0 Å². The van der Waals surface area contributed by atoms with Crippen molar-refractivity contribution >= 4 is 23.1 Å². The fourth-order valence-electron chi connectivity index (χ4n) is 3.74. The predicted molar refractivity (Wildman–Crippen MR) is 113 cm³/mol. The van der Waals surface area contributed by atoms with Gasteiger partial charge in [-0.2, -0.15) is 0 Å². The number of non-ortho nitro benzene ring substituents is 1. The molecule has 1 unspecified atom stereocenters. The highest BCUT2D eigenvalue weighted by molar-refractivity contribution is 6.46. The monoisotopic (exact) mass is 452 g/mol. The number of ketones is 1. The van der Waals surface area contributed by atoms with Gasteiger partial charge in [0.1, 0.15) is 11.5 Å². The molecule has 1 N–H and O–H groups in total. The number of Topliss-reactive ketones (excluding diaryl/α,β-unsaturated/α-hetero) is 1. The van der Waals surface area contributed by atoms with Crippen molar-refractivity contribution in [2.24, 2.45) is 0 Å². The SMILES string of the molecule is COc1ccc(C(O)=C2C(=O)C(=O)N(Cc3ccco3)C2c2cccc([N+](=O)[O-])c2)cc1F. The Morgan fingerprint density at radius 3 is 2.64 bits per heavy atom. The van der Waals surface area contributed by atoms with E-state index in [0.29, 0.717) is 5.76 Å². The molecule has 9 nitrogen and oxygen atoms in total. The molecule has 0 spiro atoms. The maximum absolute atomic E-state index is 14.3. The fourth-order valence-corrected chi connectivity index (χ4v) is 3.74. The number of ether oxygens (including phenoxy) is 1. The van der Waals surface area contributed by atoms with Gasteiger partial charge in [-0.15, -0.1) is 0 Å². The van der Waals surface area contributed by atoms with Crippen LogP contribution >= 0.6 is 0 Å². The number of rotatable bonds is 6. The van der Waals surface area contributed by atoms with Gasteiger partial charge in [-0.05, 0) is 35.9 Å². The quantitative estimate of drug-likeness (QED) is 0.197. The number of carbonyl (C=O) groups excluding carboxylic acids is 2. The molecule has 2 heterocycles. The molecule has 1 aliphatic heterocycles. The van der Waals surface area contributed by atoms with E-state index >= 15 is 0 Å². The summed E-state index contributed by atoms with van der Waals surface area (Å²) in [7, 11) is 1.28. The number of hydrogen-bond acceptors (Lipinski definition) is 7. The summed E-state index contributed by atoms with van der Waals surface area (Å²) in [5.41, 5.74) is -0.409. The fraction of sp³-hybridized carbons (Fsp3) is 0.130. The van der Waals surface area contributed by atoms with Gasteiger partial charge in [0.15, 0.2) is 11.6 Å². The Morgan fingerprint density at radius 2 is 2.00 bits per heavy atom. The first-order valence-corrected chi connectivity index (χ1v) is 9.71. The van der Waals surface area contributed by atoms with E-state index in [9.17, 15) is 29.2 Å². The Labute approximate surface area is 186 Å². The lowest BCUT2D eigenvalue weighted by Crippen LogP contribution is -2.29. The second-order valence-corrected chi connectivity index (χ2v) is 7.21. The molecule has 1 aliphatic rings. The van der Waals surface area contributed by atoms with Gasteiger partial charge in [0.05, 0.1) is 36.5 Å². The van der Waals surface area contributed by atoms with E-state index in [-0.39, 0.29) is 34.7 Å². The number of benzene rings is 2. The maximum atomic E-state index is 14.3. The Balaban J connectivity index is 1.89. The second kappa shape index (κ2) is 8.58. The molecule has 0 bridgehead atoms. The zero-order valence-corrected chi connectivity index (χ0v) is 17.2. The van der Waals surface area contributed by atoms with Gasteiger partial charge in [0.2, 0.25) is 0 Å². The number of likely N-dealkylation sites (tertiary alicyclic amines) is 1. The summed E-state index contributed by atoms with van der Waals surface area (Å²) in [4.78, 5) is 37.7. The number of aliphatic hydroxyl groups is 1. The molecule has 33 heavy (non-hydrogen) atoms. The molecule has 3 aromatic rings. The number of nitro groups is 1. The third kappa shape index (κ3) is 3.93. The molecule has 2 aromatic carbocycles. The zero-order chi connectivity index (χ0) is 23.7. The van der Waals surface area contributed by atoms with E-state index in [1.165, 1.54) is 49.8 Å². The Morgan fingerprint density at radius 1 is 1.21 bits per heavy atom. The molecule has 1 atom stereocenters. The minimum atomic E-state index is -1.17. The smallest absolute Gasteiger partial charge is 0.296 e. The van der Waals surface area contributed by atoms with Crippen LogP contribution in [-0.4, -0.2) is 33.7 Å². The number of aliphatic hydroxyl groups excluding tert-OH is 1. The molecule has 0 radical (unpaired) electrons. The third-order valence-corrected chi connectivity index (χ3v) is 5.27. The van der Waals surface area contributed by atoms with Gasteiger partial charge >= 0.3 is 0 Å². The summed E-state index contributed by atoms with van der Waals surface area (Å²) < 4.78 is 24.4. The van der Waals surface area contributed by atoms with Crippen molar-refractivity contribution in [3.05, 3.63) is 99.3 Å². The predicted octanol–water partition coefficient (Wildman–Crippen LogP) is 3.96. The summed E-state index contributed by atoms with van der Waals surface area (Å²) in [6.45, 7) is -0.126. The van der Waals surface area contributed by atoms with Crippen LogP contribution in [0.3, 0.4) is 0 Å². The van der Waals surface area contributed by atoms with E-state index in [2.05, 4.69) is 0 Å². The van der Waals surface area contributed by atoms with Crippen LogP contribution in [0.5, 0.6) is 5.75 Å². The first-order valence-electron chi connectivity index (χ1n) is 9.71. The van der Waals surface area contributed by atoms with Crippen molar-refractivity contribution in [2.45, 2.75) is 12.6 Å². The van der Waals surface area contributed by atoms with Gasteiger partial charge in [0, 0.05) is 17.7 Å². The number of hydrogen-bond donors (Lipinski definition) is 1. The third-order valence-electron chi connectivity index (χ3n) is 5.27. The number of amides is 1. The molecule has 1 saturated heterocycles. The summed E-state index contributed by atoms with van der Waals surface area (Å²) >= 11 is 0. The first-order chi connectivity index (χ1) is 15.8. The van der Waals surface area contributed by atoms with Crippen LogP contribution in [0.2, 0.25) is 0 Å². The van der Waals surface area contributed by atoms with E-state index in [0.717, 1.165) is 11.0 Å². The Hall–Kier alpha value is -4.47. The zero-order valence-electron chi connectivity index (χ0n) is 17.2. The Kier molecular flexibility index (Phi) is 5.65. The lowest BCUT2D eigenvalue weighted by Gasteiger charge is -2.24. The second-order valence-electron chi connectivity index (χ2n) is 7.21. The van der Waals surface area contributed by atoms with Gasteiger partial charge in [0.25, 0.3) is 17.4 Å². The van der Waals surface area contributed by atoms with E-state index in [1.54, 1.807) is 12.1 Å². The van der Waals surface area contributed by atoms with Crippen LogP contribution in [0, 0.1) is 15.9 Å². The molecule has 0 aliphatic carbocycles. The standard InChI is InChI=1S/C23H17FN2O7/c1-32-18-8-7-14(11-17(18)24)21(27)19-20(13-4-2-5-15(10-13)26(30)31)25(23(29)22(19)28)12-16-6-3-9-33-16/h2-11,20,27H,12H2,1H3. The van der Waals surface area contributed by atoms with Crippen LogP contribution in [0.4, 0.5) is 10.1 Å². The average molecular weight is 452 g/mol. The molecule has 1 amide bonds. The molecule has 1 aromatic heterocycles. The highest BCUT2D eigenvalue weighted by Gasteiger charge is 2.46.